The van der Waals surface area contributed by atoms with E-state index in [1.807, 2.05) is 34.1 Å². The van der Waals surface area contributed by atoms with Crippen LogP contribution in [0.5, 0.6) is 0 Å². The number of piperidine rings is 1. The van der Waals surface area contributed by atoms with Gasteiger partial charge in [-0.15, -0.1) is 0 Å². The Morgan fingerprint density at radius 3 is 2.56 bits per heavy atom. The van der Waals surface area contributed by atoms with Gasteiger partial charge >= 0.3 is 12.1 Å². The highest BCUT2D eigenvalue weighted by molar-refractivity contribution is 9.10. The summed E-state index contributed by atoms with van der Waals surface area (Å²) in [6.45, 7) is 2.02. The average Bonchev–Trinajstić information content (AvgIpc) is 3.00. The molecule has 1 aromatic carbocycles. The molecule has 27 heavy (non-hydrogen) atoms. The molecule has 2 aliphatic heterocycles. The van der Waals surface area contributed by atoms with E-state index in [0.29, 0.717) is 13.1 Å². The molecule has 0 radical (unpaired) electrons. The maximum absolute atomic E-state index is 12.5. The first-order valence-electron chi connectivity index (χ1n) is 9.86. The van der Waals surface area contributed by atoms with Crippen LogP contribution in [0.15, 0.2) is 28.7 Å². The summed E-state index contributed by atoms with van der Waals surface area (Å²) in [7, 11) is 0. The fraction of sp³-hybridized carbons (Fsp3) is 0.600. The van der Waals surface area contributed by atoms with E-state index < -0.39 is 0 Å². The third-order valence-electron chi connectivity index (χ3n) is 6.07. The first kappa shape index (κ1) is 18.6. The van der Waals surface area contributed by atoms with Crippen molar-refractivity contribution in [3.8, 4) is 0 Å². The van der Waals surface area contributed by atoms with E-state index in [-0.39, 0.29) is 23.8 Å². The summed E-state index contributed by atoms with van der Waals surface area (Å²) in [6.07, 6.45) is 6.95. The van der Waals surface area contributed by atoms with Gasteiger partial charge in [0, 0.05) is 23.6 Å². The first-order valence-corrected chi connectivity index (χ1v) is 10.7. The number of carbonyl (C=O) groups excluding carboxylic acids is 2. The van der Waals surface area contributed by atoms with E-state index in [1.165, 1.54) is 6.42 Å². The van der Waals surface area contributed by atoms with Gasteiger partial charge in [-0.25, -0.2) is 9.59 Å². The number of anilines is 1. The van der Waals surface area contributed by atoms with E-state index >= 15 is 0 Å². The molecule has 3 fully saturated rings. The summed E-state index contributed by atoms with van der Waals surface area (Å²) in [5, 5.41) is 2.95. The molecule has 6 nitrogen and oxygen atoms in total. The zero-order chi connectivity index (χ0) is 18.9. The van der Waals surface area contributed by atoms with Crippen LogP contribution < -0.4 is 5.32 Å². The van der Waals surface area contributed by atoms with Crippen molar-refractivity contribution in [1.29, 1.82) is 0 Å². The molecule has 1 saturated carbocycles. The fourth-order valence-corrected chi connectivity index (χ4v) is 4.91. The molecule has 3 amide bonds. The molecule has 0 unspecified atom stereocenters. The molecule has 0 bridgehead atoms. The van der Waals surface area contributed by atoms with E-state index in [0.717, 1.165) is 55.2 Å². The van der Waals surface area contributed by atoms with E-state index in [4.69, 9.17) is 4.74 Å². The number of rotatable bonds is 2. The van der Waals surface area contributed by atoms with Gasteiger partial charge in [0.25, 0.3) is 0 Å². The van der Waals surface area contributed by atoms with Crippen LogP contribution in [0.4, 0.5) is 15.3 Å². The van der Waals surface area contributed by atoms with E-state index in [1.54, 1.807) is 0 Å². The van der Waals surface area contributed by atoms with Gasteiger partial charge in [0.15, 0.2) is 0 Å². The van der Waals surface area contributed by atoms with Crippen molar-refractivity contribution in [2.45, 2.75) is 56.6 Å². The SMILES string of the molecule is O=C(Nc1ccccc1Br)N1CCC(N2CC3(CCCCC3)OC2=O)CC1. The average molecular weight is 436 g/mol. The Balaban J connectivity index is 1.32. The Morgan fingerprint density at radius 1 is 1.15 bits per heavy atom. The van der Waals surface area contributed by atoms with Gasteiger partial charge in [0.1, 0.15) is 5.60 Å². The quantitative estimate of drug-likeness (QED) is 0.737. The maximum Gasteiger partial charge on any atom is 0.410 e. The maximum atomic E-state index is 12.5. The van der Waals surface area contributed by atoms with Crippen molar-refractivity contribution in [2.75, 3.05) is 25.0 Å². The second-order valence-electron chi connectivity index (χ2n) is 7.87. The Bertz CT molecular complexity index is 712. The lowest BCUT2D eigenvalue weighted by molar-refractivity contribution is 0.0259. The summed E-state index contributed by atoms with van der Waals surface area (Å²) >= 11 is 3.45. The van der Waals surface area contributed by atoms with Crippen LogP contribution in [-0.2, 0) is 4.74 Å². The number of ether oxygens (including phenoxy) is 1. The van der Waals surface area contributed by atoms with Crippen LogP contribution in [0, 0.1) is 0 Å². The van der Waals surface area contributed by atoms with Gasteiger partial charge in [-0.2, -0.15) is 0 Å². The first-order chi connectivity index (χ1) is 13.1. The third kappa shape index (κ3) is 3.93. The lowest BCUT2D eigenvalue weighted by Gasteiger charge is -2.36. The Kier molecular flexibility index (Phi) is 5.30. The van der Waals surface area contributed by atoms with Crippen LogP contribution in [0.3, 0.4) is 0 Å². The summed E-state index contributed by atoms with van der Waals surface area (Å²) < 4.78 is 6.68. The van der Waals surface area contributed by atoms with Crippen molar-refractivity contribution < 1.29 is 14.3 Å². The lowest BCUT2D eigenvalue weighted by Crippen LogP contribution is -2.49. The predicted molar refractivity (Wildman–Crippen MR) is 107 cm³/mol. The molecule has 1 aliphatic carbocycles. The molecule has 0 aromatic heterocycles. The molecule has 3 aliphatic rings. The number of hydrogen-bond acceptors (Lipinski definition) is 3. The number of nitrogens with one attached hydrogen (secondary N) is 1. The van der Waals surface area contributed by atoms with Gasteiger partial charge in [0.2, 0.25) is 0 Å². The number of hydrogen-bond donors (Lipinski definition) is 1. The molecule has 1 spiro atoms. The van der Waals surface area contributed by atoms with Crippen LogP contribution >= 0.6 is 15.9 Å². The number of likely N-dealkylation sites (tertiary alicyclic amines) is 1. The highest BCUT2D eigenvalue weighted by Gasteiger charge is 2.48. The normalized spacial score (nSPS) is 22.8. The van der Waals surface area contributed by atoms with Crippen LogP contribution in [0.1, 0.15) is 44.9 Å². The number of amides is 3. The molecule has 7 heteroatoms. The van der Waals surface area contributed by atoms with Gasteiger partial charge in [-0.1, -0.05) is 18.6 Å². The van der Waals surface area contributed by atoms with Crippen LogP contribution in [0.2, 0.25) is 0 Å². The molecule has 2 saturated heterocycles. The summed E-state index contributed by atoms with van der Waals surface area (Å²) in [5.74, 6) is 0. The zero-order valence-corrected chi connectivity index (χ0v) is 17.0. The van der Waals surface area contributed by atoms with Gasteiger partial charge < -0.3 is 19.9 Å². The second kappa shape index (κ2) is 7.70. The van der Waals surface area contributed by atoms with Crippen molar-refractivity contribution in [3.63, 3.8) is 0 Å². The minimum Gasteiger partial charge on any atom is -0.441 e. The predicted octanol–water partition coefficient (Wildman–Crippen LogP) is 4.60. The van der Waals surface area contributed by atoms with E-state index in [9.17, 15) is 9.59 Å². The minimum absolute atomic E-state index is 0.0897. The summed E-state index contributed by atoms with van der Waals surface area (Å²) in [6, 6.07) is 7.67. The van der Waals surface area contributed by atoms with Gasteiger partial charge in [0.05, 0.1) is 12.2 Å². The van der Waals surface area contributed by atoms with Crippen molar-refractivity contribution in [1.82, 2.24) is 9.80 Å². The van der Waals surface area contributed by atoms with Gasteiger partial charge in [-0.3, -0.25) is 0 Å². The molecule has 1 N–H and O–H groups in total. The highest BCUT2D eigenvalue weighted by atomic mass is 79.9. The zero-order valence-electron chi connectivity index (χ0n) is 15.5. The largest absolute Gasteiger partial charge is 0.441 e. The molecule has 4 rings (SSSR count). The second-order valence-corrected chi connectivity index (χ2v) is 8.72. The number of urea groups is 1. The standard InChI is InChI=1S/C20H26BrN3O3/c21-16-6-2-3-7-17(16)22-18(25)23-12-8-15(9-13-23)24-14-20(27-19(24)26)10-4-1-5-11-20/h2-3,6-7,15H,1,4-5,8-14H2,(H,22,25). The number of para-hydroxylation sites is 1. The number of carbonyl (C=O) groups is 2. The van der Waals surface area contributed by atoms with Crippen molar-refractivity contribution in [2.24, 2.45) is 0 Å². The monoisotopic (exact) mass is 435 g/mol. The topological polar surface area (TPSA) is 61.9 Å². The van der Waals surface area contributed by atoms with Crippen LogP contribution in [-0.4, -0.2) is 53.2 Å². The van der Waals surface area contributed by atoms with Gasteiger partial charge in [-0.05, 0) is 66.6 Å². The number of nitrogens with zero attached hydrogens (tertiary/aromatic N) is 2. The van der Waals surface area contributed by atoms with Crippen molar-refractivity contribution in [3.05, 3.63) is 28.7 Å². The molecule has 2 heterocycles. The molecule has 0 atom stereocenters. The highest BCUT2D eigenvalue weighted by Crippen LogP contribution is 2.38. The van der Waals surface area contributed by atoms with Crippen molar-refractivity contribution >= 4 is 33.7 Å². The fourth-order valence-electron chi connectivity index (χ4n) is 4.52. The van der Waals surface area contributed by atoms with Crippen LogP contribution in [0.25, 0.3) is 0 Å². The number of benzene rings is 1. The third-order valence-corrected chi connectivity index (χ3v) is 6.76. The Labute approximate surface area is 168 Å². The number of halogens is 1. The Hall–Kier alpha value is -1.76. The minimum atomic E-state index is -0.247. The summed E-state index contributed by atoms with van der Waals surface area (Å²) in [5.41, 5.74) is 0.524. The van der Waals surface area contributed by atoms with E-state index in [2.05, 4.69) is 21.2 Å². The molecule has 1 aromatic rings. The Morgan fingerprint density at radius 2 is 1.85 bits per heavy atom. The molecular formula is C20H26BrN3O3. The smallest absolute Gasteiger partial charge is 0.410 e. The molecular weight excluding hydrogens is 410 g/mol. The lowest BCUT2D eigenvalue weighted by atomic mass is 9.84. The molecule has 146 valence electrons. The summed E-state index contributed by atoms with van der Waals surface area (Å²) in [4.78, 5) is 28.7.